The maximum absolute atomic E-state index is 12.1. The van der Waals surface area contributed by atoms with Crippen molar-refractivity contribution in [3.63, 3.8) is 0 Å². The zero-order valence-corrected chi connectivity index (χ0v) is 15.3. The third kappa shape index (κ3) is 7.65. The predicted octanol–water partition coefficient (Wildman–Crippen LogP) is 3.06. The minimum atomic E-state index is -3.33. The van der Waals surface area contributed by atoms with E-state index in [-0.39, 0.29) is 0 Å². The molecule has 0 atom stereocenters. The molecule has 0 unspecified atom stereocenters. The summed E-state index contributed by atoms with van der Waals surface area (Å²) < 4.78 is 27.4. The molecule has 21 heavy (non-hydrogen) atoms. The Labute approximate surface area is 137 Å². The first-order valence-corrected chi connectivity index (χ1v) is 11.1. The van der Waals surface area contributed by atoms with E-state index in [1.54, 1.807) is 6.07 Å². The summed E-state index contributed by atoms with van der Waals surface area (Å²) in [5, 5.41) is 3.20. The van der Waals surface area contributed by atoms with Crippen LogP contribution in [0.1, 0.15) is 37.5 Å². The molecule has 4 nitrogen and oxygen atoms in total. The van der Waals surface area contributed by atoms with Crippen molar-refractivity contribution in [2.45, 2.75) is 43.4 Å². The Balaban J connectivity index is 2.31. The lowest BCUT2D eigenvalue weighted by molar-refractivity contribution is 0.576. The third-order valence-electron chi connectivity index (χ3n) is 3.02. The van der Waals surface area contributed by atoms with Crippen LogP contribution in [0.4, 0.5) is 0 Å². The number of hydrogen-bond donors (Lipinski definition) is 2. The minimum absolute atomic E-state index is 0.415. The van der Waals surface area contributed by atoms with Crippen LogP contribution in [-0.2, 0) is 16.6 Å². The van der Waals surface area contributed by atoms with E-state index in [4.69, 9.17) is 0 Å². The van der Waals surface area contributed by atoms with Gasteiger partial charge in [0.25, 0.3) is 0 Å². The topological polar surface area (TPSA) is 58.2 Å². The molecule has 0 spiro atoms. The molecule has 0 aromatic carbocycles. The fourth-order valence-corrected chi connectivity index (χ4v) is 4.79. The van der Waals surface area contributed by atoms with Gasteiger partial charge in [-0.1, -0.05) is 19.8 Å². The van der Waals surface area contributed by atoms with Crippen molar-refractivity contribution in [2.24, 2.45) is 0 Å². The van der Waals surface area contributed by atoms with Gasteiger partial charge in [0, 0.05) is 18.0 Å². The molecule has 7 heteroatoms. The molecule has 1 aromatic rings. The Morgan fingerprint density at radius 2 is 1.95 bits per heavy atom. The fourth-order valence-electron chi connectivity index (χ4n) is 1.85. The van der Waals surface area contributed by atoms with E-state index in [1.807, 2.05) is 24.8 Å². The molecule has 1 rings (SSSR count). The van der Waals surface area contributed by atoms with Crippen molar-refractivity contribution in [3.8, 4) is 0 Å². The minimum Gasteiger partial charge on any atom is -0.312 e. The van der Waals surface area contributed by atoms with E-state index in [1.165, 1.54) is 29.9 Å². The summed E-state index contributed by atoms with van der Waals surface area (Å²) in [6.45, 7) is 4.18. The molecule has 0 bridgehead atoms. The Hall–Kier alpha value is -0.0800. The van der Waals surface area contributed by atoms with Gasteiger partial charge in [-0.05, 0) is 43.5 Å². The highest BCUT2D eigenvalue weighted by molar-refractivity contribution is 7.98. The second kappa shape index (κ2) is 10.6. The highest BCUT2D eigenvalue weighted by Crippen LogP contribution is 2.21. The summed E-state index contributed by atoms with van der Waals surface area (Å²) in [6, 6.07) is 3.57. The monoisotopic (exact) mass is 350 g/mol. The highest BCUT2D eigenvalue weighted by Gasteiger charge is 2.15. The Morgan fingerprint density at radius 1 is 1.19 bits per heavy atom. The number of nitrogens with one attached hydrogen (secondary N) is 2. The number of rotatable bonds is 12. The molecule has 0 aliphatic carbocycles. The second-order valence-electron chi connectivity index (χ2n) is 4.81. The zero-order chi connectivity index (χ0) is 15.6. The number of thiophene rings is 1. The molecule has 1 heterocycles. The first-order chi connectivity index (χ1) is 10.1. The van der Waals surface area contributed by atoms with E-state index in [9.17, 15) is 8.42 Å². The fraction of sp³-hybridized carbons (Fsp3) is 0.714. The number of unbranched alkanes of at least 4 members (excludes halogenated alkanes) is 3. The smallest absolute Gasteiger partial charge is 0.250 e. The molecule has 0 aliphatic rings. The van der Waals surface area contributed by atoms with E-state index in [0.717, 1.165) is 30.8 Å². The van der Waals surface area contributed by atoms with Gasteiger partial charge < -0.3 is 5.32 Å². The van der Waals surface area contributed by atoms with Gasteiger partial charge in [-0.3, -0.25) is 0 Å². The molecule has 2 N–H and O–H groups in total. The first-order valence-electron chi connectivity index (χ1n) is 7.38. The standard InChI is InChI=1S/C14H26N2O2S3/c1-3-15-12-13-8-9-14(20-13)21(17,18)16-10-6-4-5-7-11-19-2/h8-9,15-16H,3-7,10-12H2,1-2H3. The van der Waals surface area contributed by atoms with Crippen LogP contribution < -0.4 is 10.0 Å². The van der Waals surface area contributed by atoms with E-state index in [2.05, 4.69) is 16.3 Å². The average molecular weight is 351 g/mol. The van der Waals surface area contributed by atoms with Crippen LogP contribution in [0, 0.1) is 0 Å². The number of sulfonamides is 1. The summed E-state index contributed by atoms with van der Waals surface area (Å²) in [6.07, 6.45) is 6.49. The molecule has 0 saturated carbocycles. The van der Waals surface area contributed by atoms with Crippen LogP contribution >= 0.6 is 23.1 Å². The second-order valence-corrected chi connectivity index (χ2v) is 8.95. The van der Waals surface area contributed by atoms with Crippen LogP contribution in [-0.4, -0.2) is 33.5 Å². The Morgan fingerprint density at radius 3 is 2.67 bits per heavy atom. The summed E-state index contributed by atoms with van der Waals surface area (Å²) in [4.78, 5) is 1.05. The summed E-state index contributed by atoms with van der Waals surface area (Å²) in [5.41, 5.74) is 0. The lowest BCUT2D eigenvalue weighted by Crippen LogP contribution is -2.24. The first kappa shape index (κ1) is 19.0. The molecule has 0 fully saturated rings. The molecular weight excluding hydrogens is 324 g/mol. The van der Waals surface area contributed by atoms with Crippen LogP contribution in [0.25, 0.3) is 0 Å². The molecule has 0 saturated heterocycles. The maximum Gasteiger partial charge on any atom is 0.250 e. The lowest BCUT2D eigenvalue weighted by atomic mass is 10.2. The van der Waals surface area contributed by atoms with Crippen molar-refractivity contribution in [1.29, 1.82) is 0 Å². The van der Waals surface area contributed by atoms with Gasteiger partial charge in [0.15, 0.2) is 0 Å². The van der Waals surface area contributed by atoms with E-state index in [0.29, 0.717) is 10.8 Å². The van der Waals surface area contributed by atoms with Crippen LogP contribution in [0.15, 0.2) is 16.3 Å². The highest BCUT2D eigenvalue weighted by atomic mass is 32.2. The molecular formula is C14H26N2O2S3. The largest absolute Gasteiger partial charge is 0.312 e. The van der Waals surface area contributed by atoms with Gasteiger partial charge in [0.1, 0.15) is 4.21 Å². The molecule has 122 valence electrons. The molecule has 0 aliphatic heterocycles. The van der Waals surface area contributed by atoms with Crippen LogP contribution in [0.2, 0.25) is 0 Å². The Bertz CT molecular complexity index is 486. The van der Waals surface area contributed by atoms with Crippen molar-refractivity contribution in [2.75, 3.05) is 25.1 Å². The summed E-state index contributed by atoms with van der Waals surface area (Å²) in [5.74, 6) is 1.19. The molecule has 0 amide bonds. The van der Waals surface area contributed by atoms with Crippen molar-refractivity contribution < 1.29 is 8.42 Å². The van der Waals surface area contributed by atoms with Crippen molar-refractivity contribution in [1.82, 2.24) is 10.0 Å². The summed E-state index contributed by atoms with van der Waals surface area (Å²) in [7, 11) is -3.33. The van der Waals surface area contributed by atoms with Gasteiger partial charge in [-0.15, -0.1) is 11.3 Å². The van der Waals surface area contributed by atoms with Crippen LogP contribution in [0.3, 0.4) is 0 Å². The summed E-state index contributed by atoms with van der Waals surface area (Å²) >= 11 is 3.20. The van der Waals surface area contributed by atoms with E-state index >= 15 is 0 Å². The molecule has 0 radical (unpaired) electrons. The van der Waals surface area contributed by atoms with Gasteiger partial charge in [-0.25, -0.2) is 13.1 Å². The predicted molar refractivity (Wildman–Crippen MR) is 93.7 cm³/mol. The SMILES string of the molecule is CCNCc1ccc(S(=O)(=O)NCCCCCCSC)s1. The van der Waals surface area contributed by atoms with Gasteiger partial charge in [0.2, 0.25) is 10.0 Å². The third-order valence-corrected chi connectivity index (χ3v) is 6.75. The average Bonchev–Trinajstić information content (AvgIpc) is 2.94. The van der Waals surface area contributed by atoms with E-state index < -0.39 is 10.0 Å². The maximum atomic E-state index is 12.1. The lowest BCUT2D eigenvalue weighted by Gasteiger charge is -2.04. The van der Waals surface area contributed by atoms with Crippen molar-refractivity contribution >= 4 is 33.1 Å². The Kier molecular flexibility index (Phi) is 9.59. The number of hydrogen-bond acceptors (Lipinski definition) is 5. The van der Waals surface area contributed by atoms with Gasteiger partial charge >= 0.3 is 0 Å². The van der Waals surface area contributed by atoms with Gasteiger partial charge in [0.05, 0.1) is 0 Å². The van der Waals surface area contributed by atoms with Crippen molar-refractivity contribution in [3.05, 3.63) is 17.0 Å². The normalized spacial score (nSPS) is 11.9. The van der Waals surface area contributed by atoms with Gasteiger partial charge in [-0.2, -0.15) is 11.8 Å². The van der Waals surface area contributed by atoms with Crippen LogP contribution in [0.5, 0.6) is 0 Å². The zero-order valence-electron chi connectivity index (χ0n) is 12.9. The quantitative estimate of drug-likeness (QED) is 0.569. The number of thioether (sulfide) groups is 1. The molecule has 1 aromatic heterocycles.